The highest BCUT2D eigenvalue weighted by molar-refractivity contribution is 5.79. The average molecular weight is 208 g/mol. The Kier molecular flexibility index (Phi) is 3.55. The molecule has 82 valence electrons. The third-order valence-corrected chi connectivity index (χ3v) is 2.19. The number of primary amides is 1. The molecule has 0 spiro atoms. The first kappa shape index (κ1) is 11.4. The van der Waals surface area contributed by atoms with Crippen molar-refractivity contribution in [3.8, 4) is 5.75 Å². The van der Waals surface area contributed by atoms with Crippen molar-refractivity contribution >= 4 is 11.6 Å². The second-order valence-electron chi connectivity index (χ2n) is 3.41. The Morgan fingerprint density at radius 2 is 2.20 bits per heavy atom. The van der Waals surface area contributed by atoms with Crippen LogP contribution in [0.15, 0.2) is 18.2 Å². The van der Waals surface area contributed by atoms with E-state index in [4.69, 9.17) is 16.2 Å². The molecule has 0 aliphatic rings. The predicted octanol–water partition coefficient (Wildman–Crippen LogP) is 1.22. The van der Waals surface area contributed by atoms with Gasteiger partial charge in [-0.25, -0.2) is 0 Å². The molecule has 1 aromatic rings. The molecule has 0 radical (unpaired) electrons. The predicted molar refractivity (Wildman–Crippen MR) is 59.5 cm³/mol. The summed E-state index contributed by atoms with van der Waals surface area (Å²) >= 11 is 0. The second kappa shape index (κ2) is 4.68. The van der Waals surface area contributed by atoms with Gasteiger partial charge in [0.15, 0.2) is 6.10 Å². The van der Waals surface area contributed by atoms with Crippen LogP contribution in [0.2, 0.25) is 0 Å². The molecule has 1 amide bonds. The fraction of sp³-hybridized carbons (Fsp3) is 0.364. The maximum absolute atomic E-state index is 11.0. The van der Waals surface area contributed by atoms with Crippen LogP contribution >= 0.6 is 0 Å². The van der Waals surface area contributed by atoms with E-state index in [-0.39, 0.29) is 0 Å². The molecule has 15 heavy (non-hydrogen) atoms. The summed E-state index contributed by atoms with van der Waals surface area (Å²) in [7, 11) is 0. The first-order valence-corrected chi connectivity index (χ1v) is 4.87. The summed E-state index contributed by atoms with van der Waals surface area (Å²) in [6.07, 6.45) is -0.0864. The number of carbonyl (C=O) groups is 1. The van der Waals surface area contributed by atoms with Crippen LogP contribution in [0.4, 0.5) is 5.69 Å². The molecule has 4 heteroatoms. The Bertz CT molecular complexity index is 343. The van der Waals surface area contributed by atoms with Crippen molar-refractivity contribution in [1.82, 2.24) is 0 Å². The van der Waals surface area contributed by atoms with Gasteiger partial charge in [0.2, 0.25) is 0 Å². The molecule has 1 aromatic carbocycles. The first-order chi connectivity index (χ1) is 7.06. The van der Waals surface area contributed by atoms with E-state index >= 15 is 0 Å². The molecule has 0 heterocycles. The van der Waals surface area contributed by atoms with Gasteiger partial charge in [-0.15, -0.1) is 0 Å². The van der Waals surface area contributed by atoms with Crippen molar-refractivity contribution in [1.29, 1.82) is 0 Å². The highest BCUT2D eigenvalue weighted by atomic mass is 16.5. The smallest absolute Gasteiger partial charge is 0.258 e. The molecule has 0 saturated carbocycles. The zero-order valence-electron chi connectivity index (χ0n) is 8.99. The van der Waals surface area contributed by atoms with E-state index in [0.717, 1.165) is 5.56 Å². The van der Waals surface area contributed by atoms with Crippen LogP contribution in [0.3, 0.4) is 0 Å². The number of ether oxygens (including phenoxy) is 1. The van der Waals surface area contributed by atoms with Gasteiger partial charge in [0.25, 0.3) is 5.91 Å². The molecule has 0 fully saturated rings. The van der Waals surface area contributed by atoms with Crippen molar-refractivity contribution < 1.29 is 9.53 Å². The van der Waals surface area contributed by atoms with Crippen molar-refractivity contribution in [2.24, 2.45) is 5.73 Å². The number of anilines is 1. The Labute approximate surface area is 89.2 Å². The number of nitrogen functional groups attached to an aromatic ring is 1. The quantitative estimate of drug-likeness (QED) is 0.730. The number of hydrogen-bond acceptors (Lipinski definition) is 3. The number of benzene rings is 1. The van der Waals surface area contributed by atoms with E-state index in [9.17, 15) is 4.79 Å². The van der Waals surface area contributed by atoms with Gasteiger partial charge in [0.1, 0.15) is 5.75 Å². The number of rotatable bonds is 4. The Hall–Kier alpha value is -1.71. The molecule has 1 unspecified atom stereocenters. The standard InChI is InChI=1S/C11H16N2O2/c1-3-9(11(13)14)15-10-7(2)5-4-6-8(10)12/h4-6,9H,3,12H2,1-2H3,(H2,13,14). The molecule has 0 aromatic heterocycles. The third-order valence-electron chi connectivity index (χ3n) is 2.19. The van der Waals surface area contributed by atoms with Crippen LogP contribution in [0.25, 0.3) is 0 Å². The topological polar surface area (TPSA) is 78.3 Å². The van der Waals surface area contributed by atoms with Crippen LogP contribution in [0.5, 0.6) is 5.75 Å². The van der Waals surface area contributed by atoms with E-state index in [0.29, 0.717) is 17.9 Å². The summed E-state index contributed by atoms with van der Waals surface area (Å²) in [6.45, 7) is 3.71. The summed E-state index contributed by atoms with van der Waals surface area (Å²) in [5.41, 5.74) is 12.4. The maximum atomic E-state index is 11.0. The molecule has 0 aliphatic heterocycles. The SMILES string of the molecule is CCC(Oc1c(C)cccc1N)C(N)=O. The largest absolute Gasteiger partial charge is 0.478 e. The zero-order chi connectivity index (χ0) is 11.4. The van der Waals surface area contributed by atoms with Crippen molar-refractivity contribution in [2.75, 3.05) is 5.73 Å². The lowest BCUT2D eigenvalue weighted by molar-refractivity contribution is -0.124. The number of para-hydroxylation sites is 1. The molecule has 0 saturated heterocycles. The van der Waals surface area contributed by atoms with E-state index < -0.39 is 12.0 Å². The number of amides is 1. The normalized spacial score (nSPS) is 12.1. The Morgan fingerprint density at radius 3 is 2.67 bits per heavy atom. The van der Waals surface area contributed by atoms with Crippen molar-refractivity contribution in [2.45, 2.75) is 26.4 Å². The van der Waals surface area contributed by atoms with Crippen LogP contribution in [-0.4, -0.2) is 12.0 Å². The van der Waals surface area contributed by atoms with Gasteiger partial charge in [0, 0.05) is 0 Å². The highest BCUT2D eigenvalue weighted by Gasteiger charge is 2.16. The monoisotopic (exact) mass is 208 g/mol. The lowest BCUT2D eigenvalue weighted by Gasteiger charge is -2.17. The number of nitrogens with two attached hydrogens (primary N) is 2. The van der Waals surface area contributed by atoms with Gasteiger partial charge >= 0.3 is 0 Å². The molecular weight excluding hydrogens is 192 g/mol. The van der Waals surface area contributed by atoms with Gasteiger partial charge < -0.3 is 16.2 Å². The molecule has 1 rings (SSSR count). The summed E-state index contributed by atoms with van der Waals surface area (Å²) < 4.78 is 5.49. The molecule has 1 atom stereocenters. The number of carbonyl (C=O) groups excluding carboxylic acids is 1. The molecule has 0 aliphatic carbocycles. The lowest BCUT2D eigenvalue weighted by atomic mass is 10.2. The summed E-state index contributed by atoms with van der Waals surface area (Å²) in [6, 6.07) is 5.44. The summed E-state index contributed by atoms with van der Waals surface area (Å²) in [5, 5.41) is 0. The minimum atomic E-state index is -0.617. The van der Waals surface area contributed by atoms with Crippen LogP contribution in [0.1, 0.15) is 18.9 Å². The Morgan fingerprint density at radius 1 is 1.53 bits per heavy atom. The van der Waals surface area contributed by atoms with Gasteiger partial charge in [0.05, 0.1) is 5.69 Å². The van der Waals surface area contributed by atoms with Gasteiger partial charge in [-0.05, 0) is 25.0 Å². The van der Waals surface area contributed by atoms with Crippen LogP contribution < -0.4 is 16.2 Å². The average Bonchev–Trinajstić information content (AvgIpc) is 2.17. The molecule has 4 nitrogen and oxygen atoms in total. The second-order valence-corrected chi connectivity index (χ2v) is 3.41. The molecule has 0 bridgehead atoms. The fourth-order valence-electron chi connectivity index (χ4n) is 1.32. The summed E-state index contributed by atoms with van der Waals surface area (Å²) in [5.74, 6) is 0.0725. The van der Waals surface area contributed by atoms with E-state index in [1.165, 1.54) is 0 Å². The molecule has 4 N–H and O–H groups in total. The van der Waals surface area contributed by atoms with Gasteiger partial charge in [-0.1, -0.05) is 19.1 Å². The number of aryl methyl sites for hydroxylation is 1. The summed E-state index contributed by atoms with van der Waals surface area (Å²) in [4.78, 5) is 11.0. The first-order valence-electron chi connectivity index (χ1n) is 4.87. The number of hydrogen-bond donors (Lipinski definition) is 2. The Balaban J connectivity index is 2.92. The van der Waals surface area contributed by atoms with E-state index in [1.807, 2.05) is 26.0 Å². The third kappa shape index (κ3) is 2.62. The maximum Gasteiger partial charge on any atom is 0.258 e. The van der Waals surface area contributed by atoms with Crippen LogP contribution in [0, 0.1) is 6.92 Å². The van der Waals surface area contributed by atoms with Crippen LogP contribution in [-0.2, 0) is 4.79 Å². The zero-order valence-corrected chi connectivity index (χ0v) is 8.99. The van der Waals surface area contributed by atoms with Crippen molar-refractivity contribution in [3.05, 3.63) is 23.8 Å². The minimum absolute atomic E-state index is 0.472. The van der Waals surface area contributed by atoms with Crippen molar-refractivity contribution in [3.63, 3.8) is 0 Å². The van der Waals surface area contributed by atoms with Gasteiger partial charge in [-0.2, -0.15) is 0 Å². The van der Waals surface area contributed by atoms with E-state index in [2.05, 4.69) is 0 Å². The molecular formula is C11H16N2O2. The highest BCUT2D eigenvalue weighted by Crippen LogP contribution is 2.26. The van der Waals surface area contributed by atoms with E-state index in [1.54, 1.807) is 6.07 Å². The van der Waals surface area contributed by atoms with Gasteiger partial charge in [-0.3, -0.25) is 4.79 Å². The lowest BCUT2D eigenvalue weighted by Crippen LogP contribution is -2.33. The fourth-order valence-corrected chi connectivity index (χ4v) is 1.32. The minimum Gasteiger partial charge on any atom is -0.478 e.